The highest BCUT2D eigenvalue weighted by Crippen LogP contribution is 2.54. The number of thiazole rings is 1. The molecule has 4 nitrogen and oxygen atoms in total. The quantitative estimate of drug-likeness (QED) is 0.398. The molecule has 140 valence electrons. The molecule has 5 rings (SSSR count). The minimum absolute atomic E-state index is 0.484. The van der Waals surface area contributed by atoms with Crippen LogP contribution in [-0.4, -0.2) is 19.7 Å². The van der Waals surface area contributed by atoms with Crippen LogP contribution in [0.25, 0.3) is 10.6 Å². The predicted molar refractivity (Wildman–Crippen MR) is 115 cm³/mol. The number of aromatic nitrogens is 4. The van der Waals surface area contributed by atoms with Crippen molar-refractivity contribution in [1.29, 1.82) is 0 Å². The summed E-state index contributed by atoms with van der Waals surface area (Å²) >= 11 is 3.40. The Morgan fingerprint density at radius 2 is 1.75 bits per heavy atom. The summed E-state index contributed by atoms with van der Waals surface area (Å²) in [6, 6.07) is 21.0. The fourth-order valence-electron chi connectivity index (χ4n) is 3.55. The number of benzene rings is 2. The summed E-state index contributed by atoms with van der Waals surface area (Å²) in [5.41, 5.74) is 3.66. The van der Waals surface area contributed by atoms with Crippen molar-refractivity contribution in [3.05, 3.63) is 83.1 Å². The van der Waals surface area contributed by atoms with Crippen LogP contribution in [0.5, 0.6) is 0 Å². The van der Waals surface area contributed by atoms with Crippen LogP contribution in [0.1, 0.15) is 35.3 Å². The monoisotopic (exact) mass is 404 g/mol. The van der Waals surface area contributed by atoms with Crippen LogP contribution in [0.3, 0.4) is 0 Å². The first-order chi connectivity index (χ1) is 13.8. The summed E-state index contributed by atoms with van der Waals surface area (Å²) in [7, 11) is 2.08. The van der Waals surface area contributed by atoms with Gasteiger partial charge in [-0.25, -0.2) is 4.98 Å². The Hall–Kier alpha value is -2.44. The molecule has 0 bridgehead atoms. The second-order valence-electron chi connectivity index (χ2n) is 7.06. The van der Waals surface area contributed by atoms with Gasteiger partial charge in [0.15, 0.2) is 5.16 Å². The molecule has 28 heavy (non-hydrogen) atoms. The van der Waals surface area contributed by atoms with E-state index in [-0.39, 0.29) is 0 Å². The molecule has 2 heterocycles. The fourth-order valence-corrected chi connectivity index (χ4v) is 5.29. The van der Waals surface area contributed by atoms with E-state index in [1.807, 2.05) is 18.2 Å². The van der Waals surface area contributed by atoms with Gasteiger partial charge in [-0.1, -0.05) is 72.4 Å². The standard InChI is InChI=1S/C22H20N4S2/c1-26-20(19-12-18(19)15-8-4-2-5-9-15)24-25-22(26)28-14-17-13-27-21(23-17)16-10-6-3-7-11-16/h2-11,13,18-19H,12,14H2,1H3/t18-,19-/m1/s1. The minimum Gasteiger partial charge on any atom is -0.309 e. The normalized spacial score (nSPS) is 18.3. The van der Waals surface area contributed by atoms with E-state index in [1.165, 1.54) is 11.1 Å². The van der Waals surface area contributed by atoms with E-state index in [0.717, 1.165) is 33.9 Å². The van der Waals surface area contributed by atoms with Crippen molar-refractivity contribution >= 4 is 23.1 Å². The zero-order valence-corrected chi connectivity index (χ0v) is 17.2. The van der Waals surface area contributed by atoms with Gasteiger partial charge in [0.25, 0.3) is 0 Å². The zero-order valence-electron chi connectivity index (χ0n) is 15.5. The van der Waals surface area contributed by atoms with Gasteiger partial charge in [0.2, 0.25) is 0 Å². The summed E-state index contributed by atoms with van der Waals surface area (Å²) in [5.74, 6) is 2.97. The fraction of sp³-hybridized carbons (Fsp3) is 0.227. The molecular weight excluding hydrogens is 384 g/mol. The van der Waals surface area contributed by atoms with Gasteiger partial charge in [-0.15, -0.1) is 21.5 Å². The average Bonchev–Trinajstić information content (AvgIpc) is 3.24. The van der Waals surface area contributed by atoms with Crippen molar-refractivity contribution in [2.75, 3.05) is 0 Å². The van der Waals surface area contributed by atoms with Gasteiger partial charge in [0, 0.05) is 29.7 Å². The topological polar surface area (TPSA) is 43.6 Å². The third kappa shape index (κ3) is 3.50. The van der Waals surface area contributed by atoms with Gasteiger partial charge >= 0.3 is 0 Å². The SMILES string of the molecule is Cn1c(SCc2csc(-c3ccccc3)n2)nnc1[C@@H]1C[C@@H]1c1ccccc1. The molecule has 1 fully saturated rings. The highest BCUT2D eigenvalue weighted by atomic mass is 32.2. The lowest BCUT2D eigenvalue weighted by atomic mass is 10.1. The number of rotatable bonds is 6. The third-order valence-electron chi connectivity index (χ3n) is 5.14. The van der Waals surface area contributed by atoms with Crippen molar-refractivity contribution in [3.8, 4) is 10.6 Å². The minimum atomic E-state index is 0.484. The average molecular weight is 405 g/mol. The molecule has 6 heteroatoms. The van der Waals surface area contributed by atoms with Crippen LogP contribution in [0.4, 0.5) is 0 Å². The van der Waals surface area contributed by atoms with Crippen LogP contribution in [0.2, 0.25) is 0 Å². The summed E-state index contributed by atoms with van der Waals surface area (Å²) < 4.78 is 2.16. The van der Waals surface area contributed by atoms with Crippen molar-refractivity contribution in [2.24, 2.45) is 7.05 Å². The summed E-state index contributed by atoms with van der Waals surface area (Å²) in [5, 5.41) is 13.1. The Morgan fingerprint density at radius 1 is 1.00 bits per heavy atom. The molecule has 1 saturated carbocycles. The highest BCUT2D eigenvalue weighted by Gasteiger charge is 2.42. The molecule has 0 radical (unpaired) electrons. The van der Waals surface area contributed by atoms with Crippen LogP contribution >= 0.6 is 23.1 Å². The second kappa shape index (κ2) is 7.53. The second-order valence-corrected chi connectivity index (χ2v) is 8.86. The first kappa shape index (κ1) is 17.6. The van der Waals surface area contributed by atoms with Crippen molar-refractivity contribution in [1.82, 2.24) is 19.7 Å². The Balaban J connectivity index is 1.25. The molecule has 0 N–H and O–H groups in total. The first-order valence-electron chi connectivity index (χ1n) is 9.36. The predicted octanol–water partition coefficient (Wildman–Crippen LogP) is 5.50. The van der Waals surface area contributed by atoms with Crippen LogP contribution in [-0.2, 0) is 12.8 Å². The Morgan fingerprint density at radius 3 is 2.54 bits per heavy atom. The molecule has 1 aliphatic carbocycles. The summed E-state index contributed by atoms with van der Waals surface area (Å²) in [4.78, 5) is 4.77. The maximum absolute atomic E-state index is 4.77. The lowest BCUT2D eigenvalue weighted by molar-refractivity contribution is 0.730. The Labute approximate surface area is 172 Å². The third-order valence-corrected chi connectivity index (χ3v) is 7.13. The first-order valence-corrected chi connectivity index (χ1v) is 11.2. The maximum Gasteiger partial charge on any atom is 0.191 e. The lowest BCUT2D eigenvalue weighted by Gasteiger charge is -2.03. The molecule has 0 amide bonds. The Bertz CT molecular complexity index is 1070. The molecular formula is C22H20N4S2. The largest absolute Gasteiger partial charge is 0.309 e. The Kier molecular flexibility index (Phi) is 4.74. The van der Waals surface area contributed by atoms with Gasteiger partial charge in [0.1, 0.15) is 10.8 Å². The van der Waals surface area contributed by atoms with E-state index in [9.17, 15) is 0 Å². The van der Waals surface area contributed by atoms with Crippen LogP contribution < -0.4 is 0 Å². The lowest BCUT2D eigenvalue weighted by Crippen LogP contribution is -1.98. The van der Waals surface area contributed by atoms with E-state index >= 15 is 0 Å². The van der Waals surface area contributed by atoms with Gasteiger partial charge in [-0.05, 0) is 17.9 Å². The molecule has 2 aromatic heterocycles. The van der Waals surface area contributed by atoms with E-state index in [4.69, 9.17) is 4.98 Å². The highest BCUT2D eigenvalue weighted by molar-refractivity contribution is 7.98. The molecule has 2 atom stereocenters. The zero-order chi connectivity index (χ0) is 18.9. The van der Waals surface area contributed by atoms with Crippen molar-refractivity contribution in [2.45, 2.75) is 29.2 Å². The van der Waals surface area contributed by atoms with Crippen molar-refractivity contribution < 1.29 is 0 Å². The maximum atomic E-state index is 4.77. The van der Waals surface area contributed by atoms with E-state index in [2.05, 4.69) is 69.7 Å². The van der Waals surface area contributed by atoms with Gasteiger partial charge < -0.3 is 4.57 Å². The smallest absolute Gasteiger partial charge is 0.191 e. The van der Waals surface area contributed by atoms with Gasteiger partial charge in [-0.2, -0.15) is 0 Å². The molecule has 1 aliphatic rings. The molecule has 2 aromatic carbocycles. The van der Waals surface area contributed by atoms with Gasteiger partial charge in [0.05, 0.1) is 5.69 Å². The number of hydrogen-bond donors (Lipinski definition) is 0. The van der Waals surface area contributed by atoms with Gasteiger partial charge in [-0.3, -0.25) is 0 Å². The molecule has 0 aliphatic heterocycles. The van der Waals surface area contributed by atoms with Crippen LogP contribution in [0, 0.1) is 0 Å². The van der Waals surface area contributed by atoms with Crippen LogP contribution in [0.15, 0.2) is 71.2 Å². The van der Waals surface area contributed by atoms with E-state index < -0.39 is 0 Å². The number of thioether (sulfide) groups is 1. The molecule has 0 spiro atoms. The van der Waals surface area contributed by atoms with Crippen molar-refractivity contribution in [3.63, 3.8) is 0 Å². The summed E-state index contributed by atoms with van der Waals surface area (Å²) in [6.07, 6.45) is 1.16. The van der Waals surface area contributed by atoms with E-state index in [1.54, 1.807) is 23.1 Å². The number of nitrogens with zero attached hydrogens (tertiary/aromatic N) is 4. The summed E-state index contributed by atoms with van der Waals surface area (Å²) in [6.45, 7) is 0. The molecule has 0 saturated heterocycles. The number of hydrogen-bond acceptors (Lipinski definition) is 5. The molecule has 0 unspecified atom stereocenters. The van der Waals surface area contributed by atoms with E-state index in [0.29, 0.717) is 11.8 Å². The molecule has 4 aromatic rings.